The molecule has 4 rings (SSSR count). The van der Waals surface area contributed by atoms with Crippen LogP contribution < -0.4 is 5.32 Å². The van der Waals surface area contributed by atoms with Crippen molar-refractivity contribution < 1.29 is 14.4 Å². The minimum Gasteiger partial charge on any atom is -0.343 e. The maximum Gasteiger partial charge on any atom is 0.226 e. The van der Waals surface area contributed by atoms with Gasteiger partial charge in [0.2, 0.25) is 17.7 Å². The summed E-state index contributed by atoms with van der Waals surface area (Å²) in [6, 6.07) is 4.02. The second-order valence-electron chi connectivity index (χ2n) is 11.0. The van der Waals surface area contributed by atoms with Crippen LogP contribution in [0, 0.1) is 18.8 Å². The molecule has 3 aliphatic rings. The minimum absolute atomic E-state index is 0.000235. The van der Waals surface area contributed by atoms with E-state index in [4.69, 9.17) is 11.6 Å². The van der Waals surface area contributed by atoms with Crippen LogP contribution in [0.5, 0.6) is 0 Å². The van der Waals surface area contributed by atoms with E-state index in [1.54, 1.807) is 6.92 Å². The van der Waals surface area contributed by atoms with Crippen LogP contribution in [0.2, 0.25) is 5.02 Å². The van der Waals surface area contributed by atoms with Crippen LogP contribution in [0.3, 0.4) is 0 Å². The molecule has 0 bridgehead atoms. The smallest absolute Gasteiger partial charge is 0.226 e. The summed E-state index contributed by atoms with van der Waals surface area (Å²) in [6.07, 6.45) is 6.62. The molecule has 3 amide bonds. The fraction of sp³-hybridized carbons (Fsp3) is 0.679. The number of piperidine rings is 1. The van der Waals surface area contributed by atoms with Crippen molar-refractivity contribution in [1.82, 2.24) is 14.7 Å². The predicted molar refractivity (Wildman–Crippen MR) is 143 cm³/mol. The van der Waals surface area contributed by atoms with E-state index in [9.17, 15) is 14.4 Å². The number of piperazine rings is 1. The molecule has 2 heterocycles. The molecule has 198 valence electrons. The maximum absolute atomic E-state index is 12.9. The lowest BCUT2D eigenvalue weighted by atomic mass is 9.93. The van der Waals surface area contributed by atoms with Crippen molar-refractivity contribution in [2.24, 2.45) is 11.8 Å². The Morgan fingerprint density at radius 2 is 1.72 bits per heavy atom. The molecular formula is C28H41ClN4O3. The molecule has 1 saturated carbocycles. The fourth-order valence-electron chi connectivity index (χ4n) is 6.10. The van der Waals surface area contributed by atoms with E-state index >= 15 is 0 Å². The maximum atomic E-state index is 12.9. The number of carbonyl (C=O) groups is 3. The average molecular weight is 517 g/mol. The first-order valence-electron chi connectivity index (χ1n) is 13.6. The highest BCUT2D eigenvalue weighted by Crippen LogP contribution is 2.30. The summed E-state index contributed by atoms with van der Waals surface area (Å²) >= 11 is 6.47. The molecule has 3 fully saturated rings. The zero-order valence-electron chi connectivity index (χ0n) is 22.0. The fourth-order valence-corrected chi connectivity index (χ4v) is 6.34. The second-order valence-corrected chi connectivity index (χ2v) is 11.5. The first kappa shape index (κ1) is 26.9. The van der Waals surface area contributed by atoms with Crippen LogP contribution in [0.4, 0.5) is 5.69 Å². The molecule has 1 N–H and O–H groups in total. The molecule has 0 aromatic heterocycles. The van der Waals surface area contributed by atoms with Crippen molar-refractivity contribution in [2.45, 2.75) is 78.3 Å². The van der Waals surface area contributed by atoms with Crippen LogP contribution in [0.1, 0.15) is 69.9 Å². The van der Waals surface area contributed by atoms with Gasteiger partial charge in [0.05, 0.1) is 0 Å². The standard InChI is InChI=1S/C28H41ClN4O3/c1-19-17-31(12-13-33(19)28(36)23-6-4-5-7-23)18-24-15-25(29)16-26(20(24)2)30-27(35)14-22-8-10-32(11-9-22)21(3)34/h15-16,19,22-23H,4-14,17-18H2,1-3H3,(H,30,35)/t19-/m0/s1. The third kappa shape index (κ3) is 6.60. The van der Waals surface area contributed by atoms with Crippen LogP contribution in [-0.4, -0.2) is 71.2 Å². The summed E-state index contributed by atoms with van der Waals surface area (Å²) in [6.45, 7) is 10.4. The molecule has 8 heteroatoms. The van der Waals surface area contributed by atoms with Crippen LogP contribution in [-0.2, 0) is 20.9 Å². The normalized spacial score (nSPS) is 22.2. The van der Waals surface area contributed by atoms with Gasteiger partial charge in [-0.3, -0.25) is 19.3 Å². The van der Waals surface area contributed by atoms with E-state index < -0.39 is 0 Å². The molecule has 7 nitrogen and oxygen atoms in total. The van der Waals surface area contributed by atoms with E-state index in [0.29, 0.717) is 23.3 Å². The monoisotopic (exact) mass is 516 g/mol. The molecule has 1 aliphatic carbocycles. The van der Waals surface area contributed by atoms with Gasteiger partial charge in [0, 0.05) is 75.3 Å². The Morgan fingerprint density at radius 1 is 1.03 bits per heavy atom. The zero-order valence-corrected chi connectivity index (χ0v) is 22.8. The van der Waals surface area contributed by atoms with Gasteiger partial charge in [-0.2, -0.15) is 0 Å². The SMILES string of the molecule is CC(=O)N1CCC(CC(=O)Nc2cc(Cl)cc(CN3CCN(C(=O)C4CCCC4)[C@@H](C)C3)c2C)CC1. The van der Waals surface area contributed by atoms with Crippen molar-refractivity contribution in [2.75, 3.05) is 38.0 Å². The number of rotatable bonds is 6. The van der Waals surface area contributed by atoms with Crippen molar-refractivity contribution in [3.63, 3.8) is 0 Å². The van der Waals surface area contributed by atoms with E-state index in [-0.39, 0.29) is 23.8 Å². The number of nitrogens with one attached hydrogen (secondary N) is 1. The Morgan fingerprint density at radius 3 is 2.36 bits per heavy atom. The first-order valence-corrected chi connectivity index (χ1v) is 14.0. The number of hydrogen-bond donors (Lipinski definition) is 1. The molecule has 2 saturated heterocycles. The molecular weight excluding hydrogens is 476 g/mol. The Bertz CT molecular complexity index is 970. The molecule has 36 heavy (non-hydrogen) atoms. The van der Waals surface area contributed by atoms with Gasteiger partial charge < -0.3 is 15.1 Å². The molecule has 2 aliphatic heterocycles. The lowest BCUT2D eigenvalue weighted by molar-refractivity contribution is -0.140. The zero-order chi connectivity index (χ0) is 25.8. The summed E-state index contributed by atoms with van der Waals surface area (Å²) in [5, 5.41) is 3.71. The van der Waals surface area contributed by atoms with Gasteiger partial charge in [-0.25, -0.2) is 0 Å². The molecule has 0 unspecified atom stereocenters. The van der Waals surface area contributed by atoms with Gasteiger partial charge in [-0.1, -0.05) is 24.4 Å². The summed E-state index contributed by atoms with van der Waals surface area (Å²) in [5.41, 5.74) is 2.92. The number of hydrogen-bond acceptors (Lipinski definition) is 4. The van der Waals surface area contributed by atoms with Gasteiger partial charge >= 0.3 is 0 Å². The van der Waals surface area contributed by atoms with Crippen LogP contribution in [0.15, 0.2) is 12.1 Å². The summed E-state index contributed by atoms with van der Waals surface area (Å²) in [4.78, 5) is 43.6. The Labute approximate surface area is 220 Å². The summed E-state index contributed by atoms with van der Waals surface area (Å²) in [5.74, 6) is 0.971. The minimum atomic E-state index is 0.000235. The quantitative estimate of drug-likeness (QED) is 0.606. The van der Waals surface area contributed by atoms with E-state index in [1.807, 2.05) is 24.0 Å². The number of nitrogens with zero attached hydrogens (tertiary/aromatic N) is 3. The van der Waals surface area contributed by atoms with Gasteiger partial charge in [0.15, 0.2) is 0 Å². The van der Waals surface area contributed by atoms with Gasteiger partial charge in [-0.15, -0.1) is 0 Å². The molecule has 0 spiro atoms. The van der Waals surface area contributed by atoms with E-state index in [2.05, 4.69) is 22.0 Å². The first-order chi connectivity index (χ1) is 17.2. The van der Waals surface area contributed by atoms with Gasteiger partial charge in [0.1, 0.15) is 0 Å². The van der Waals surface area contributed by atoms with Crippen molar-refractivity contribution in [3.8, 4) is 0 Å². The molecule has 1 atom stereocenters. The topological polar surface area (TPSA) is 73.0 Å². The highest BCUT2D eigenvalue weighted by atomic mass is 35.5. The number of halogens is 1. The number of likely N-dealkylation sites (tertiary alicyclic amines) is 1. The lowest BCUT2D eigenvalue weighted by Crippen LogP contribution is -2.54. The third-order valence-electron chi connectivity index (χ3n) is 8.38. The van der Waals surface area contributed by atoms with E-state index in [1.165, 1.54) is 12.8 Å². The Kier molecular flexibility index (Phi) is 8.94. The van der Waals surface area contributed by atoms with E-state index in [0.717, 1.165) is 81.8 Å². The highest BCUT2D eigenvalue weighted by Gasteiger charge is 2.33. The summed E-state index contributed by atoms with van der Waals surface area (Å²) < 4.78 is 0. The number of carbonyl (C=O) groups excluding carboxylic acids is 3. The number of anilines is 1. The predicted octanol–water partition coefficient (Wildman–Crippen LogP) is 4.46. The average Bonchev–Trinajstić information content (AvgIpc) is 3.37. The summed E-state index contributed by atoms with van der Waals surface area (Å²) in [7, 11) is 0. The molecule has 1 aromatic rings. The largest absolute Gasteiger partial charge is 0.343 e. The molecule has 1 aromatic carbocycles. The number of amides is 3. The lowest BCUT2D eigenvalue weighted by Gasteiger charge is -2.41. The Balaban J connectivity index is 1.32. The van der Waals surface area contributed by atoms with Crippen molar-refractivity contribution >= 4 is 35.0 Å². The van der Waals surface area contributed by atoms with Crippen molar-refractivity contribution in [1.29, 1.82) is 0 Å². The van der Waals surface area contributed by atoms with Crippen LogP contribution in [0.25, 0.3) is 0 Å². The molecule has 0 radical (unpaired) electrons. The second kappa shape index (κ2) is 12.0. The van der Waals surface area contributed by atoms with Gasteiger partial charge in [0.25, 0.3) is 0 Å². The van der Waals surface area contributed by atoms with Gasteiger partial charge in [-0.05, 0) is 68.7 Å². The highest BCUT2D eigenvalue weighted by molar-refractivity contribution is 6.31. The van der Waals surface area contributed by atoms with Crippen molar-refractivity contribution in [3.05, 3.63) is 28.3 Å². The Hall–Kier alpha value is -2.12. The van der Waals surface area contributed by atoms with Crippen LogP contribution >= 0.6 is 11.6 Å². The number of benzene rings is 1. The third-order valence-corrected chi connectivity index (χ3v) is 8.60.